The number of nitrogens with zero attached hydrogens (tertiary/aromatic N) is 4. The van der Waals surface area contributed by atoms with Crippen molar-refractivity contribution in [1.82, 2.24) is 25.1 Å². The van der Waals surface area contributed by atoms with Crippen molar-refractivity contribution >= 4 is 35.5 Å². The van der Waals surface area contributed by atoms with Crippen molar-refractivity contribution < 1.29 is 42.6 Å². The normalized spacial score (nSPS) is 15.3. The van der Waals surface area contributed by atoms with Crippen LogP contribution in [0.5, 0.6) is 0 Å². The number of carbonyl (C=O) groups is 4. The number of carbonyl (C=O) groups excluding carboxylic acids is 2. The molecule has 2 amide bonds. The molecule has 43 heavy (non-hydrogen) atoms. The van der Waals surface area contributed by atoms with Gasteiger partial charge >= 0.3 is 18.1 Å². The van der Waals surface area contributed by atoms with Crippen LogP contribution < -0.4 is 5.32 Å². The Kier molecular flexibility index (Phi) is 14.0. The fourth-order valence-electron chi connectivity index (χ4n) is 4.43. The van der Waals surface area contributed by atoms with Gasteiger partial charge in [0.05, 0.1) is 30.9 Å². The first-order chi connectivity index (χ1) is 20.3. The highest BCUT2D eigenvalue weighted by molar-refractivity contribution is 7.98. The summed E-state index contributed by atoms with van der Waals surface area (Å²) in [5, 5.41) is 28.8. The van der Waals surface area contributed by atoms with Crippen LogP contribution in [0.1, 0.15) is 36.1 Å². The van der Waals surface area contributed by atoms with Crippen LogP contribution in [0.25, 0.3) is 0 Å². The molecule has 12 nitrogen and oxygen atoms in total. The number of likely N-dealkylation sites (tertiary alicyclic amines) is 1. The molecule has 0 unspecified atom stereocenters. The van der Waals surface area contributed by atoms with E-state index >= 15 is 0 Å². The molecule has 1 saturated heterocycles. The molecule has 1 aromatic heterocycles. The van der Waals surface area contributed by atoms with Crippen LogP contribution in [0.15, 0.2) is 36.8 Å². The van der Waals surface area contributed by atoms with E-state index in [2.05, 4.69) is 21.4 Å². The van der Waals surface area contributed by atoms with E-state index < -0.39 is 30.1 Å². The maximum absolute atomic E-state index is 13.0. The first-order valence-corrected chi connectivity index (χ1v) is 14.5. The number of nitrogens with one attached hydrogen (secondary N) is 2. The molecule has 1 aliphatic heterocycles. The molecule has 2 heterocycles. The molecular formula is C27H33F3N6O6S. The number of thioether (sulfide) groups is 1. The quantitative estimate of drug-likeness (QED) is 0.258. The Morgan fingerprint density at radius 2 is 1.98 bits per heavy atom. The maximum Gasteiger partial charge on any atom is 0.490 e. The first-order valence-electron chi connectivity index (χ1n) is 13.1. The summed E-state index contributed by atoms with van der Waals surface area (Å²) in [6.45, 7) is 1.37. The minimum absolute atomic E-state index is 0.00779. The maximum atomic E-state index is 13.0. The highest BCUT2D eigenvalue weighted by atomic mass is 32.2. The van der Waals surface area contributed by atoms with Gasteiger partial charge < -0.3 is 25.4 Å². The predicted molar refractivity (Wildman–Crippen MR) is 150 cm³/mol. The molecule has 2 aromatic rings. The van der Waals surface area contributed by atoms with Crippen LogP contribution >= 0.6 is 11.8 Å². The predicted octanol–water partition coefficient (Wildman–Crippen LogP) is 2.27. The van der Waals surface area contributed by atoms with Crippen molar-refractivity contribution in [2.75, 3.05) is 31.6 Å². The van der Waals surface area contributed by atoms with E-state index in [-0.39, 0.29) is 24.9 Å². The number of amides is 2. The summed E-state index contributed by atoms with van der Waals surface area (Å²) >= 11 is 1.52. The minimum Gasteiger partial charge on any atom is -0.480 e. The third-order valence-electron chi connectivity index (χ3n) is 6.45. The first kappa shape index (κ1) is 35.1. The van der Waals surface area contributed by atoms with Crippen molar-refractivity contribution in [2.45, 2.75) is 50.5 Å². The smallest absolute Gasteiger partial charge is 0.480 e. The Labute approximate surface area is 250 Å². The Bertz CT molecular complexity index is 1270. The van der Waals surface area contributed by atoms with E-state index in [1.165, 1.54) is 11.8 Å². The molecule has 4 N–H and O–H groups in total. The lowest BCUT2D eigenvalue weighted by Gasteiger charge is -2.31. The molecule has 0 saturated carbocycles. The van der Waals surface area contributed by atoms with E-state index in [4.69, 9.17) is 9.90 Å². The summed E-state index contributed by atoms with van der Waals surface area (Å²) in [6, 6.07) is 8.34. The molecular weight excluding hydrogens is 593 g/mol. The number of carboxylic acids is 2. The van der Waals surface area contributed by atoms with Gasteiger partial charge in [0.2, 0.25) is 11.8 Å². The highest BCUT2D eigenvalue weighted by Gasteiger charge is 2.38. The van der Waals surface area contributed by atoms with Gasteiger partial charge in [-0.1, -0.05) is 18.2 Å². The van der Waals surface area contributed by atoms with Crippen LogP contribution in [0.4, 0.5) is 13.2 Å². The van der Waals surface area contributed by atoms with E-state index in [9.17, 15) is 37.9 Å². The average Bonchev–Trinajstić information content (AvgIpc) is 3.63. The number of rotatable bonds is 13. The summed E-state index contributed by atoms with van der Waals surface area (Å²) in [6.07, 6.45) is 2.20. The van der Waals surface area contributed by atoms with Gasteiger partial charge in [0.15, 0.2) is 0 Å². The number of aromatic nitrogens is 2. The Morgan fingerprint density at radius 3 is 2.56 bits per heavy atom. The molecule has 0 bridgehead atoms. The fourth-order valence-corrected chi connectivity index (χ4v) is 4.90. The van der Waals surface area contributed by atoms with E-state index in [1.54, 1.807) is 24.7 Å². The van der Waals surface area contributed by atoms with E-state index in [0.29, 0.717) is 37.4 Å². The van der Waals surface area contributed by atoms with Gasteiger partial charge in [-0.15, -0.1) is 0 Å². The van der Waals surface area contributed by atoms with Gasteiger partial charge in [0.1, 0.15) is 6.04 Å². The van der Waals surface area contributed by atoms with Crippen molar-refractivity contribution in [1.29, 1.82) is 5.26 Å². The number of halogens is 3. The molecule has 1 aliphatic rings. The molecule has 234 valence electrons. The number of hydrogen-bond donors (Lipinski definition) is 4. The lowest BCUT2D eigenvalue weighted by atomic mass is 10.1. The van der Waals surface area contributed by atoms with Gasteiger partial charge in [0, 0.05) is 37.6 Å². The Morgan fingerprint density at radius 1 is 1.28 bits per heavy atom. The molecule has 0 aliphatic carbocycles. The number of carboxylic acid groups (broad SMARTS) is 2. The lowest BCUT2D eigenvalue weighted by molar-refractivity contribution is -0.192. The van der Waals surface area contributed by atoms with Crippen LogP contribution in [0, 0.1) is 11.3 Å². The lowest BCUT2D eigenvalue weighted by Crippen LogP contribution is -2.49. The Balaban J connectivity index is 0.000000821. The van der Waals surface area contributed by atoms with Gasteiger partial charge in [-0.2, -0.15) is 30.2 Å². The molecule has 2 atom stereocenters. The number of nitriles is 1. The van der Waals surface area contributed by atoms with Gasteiger partial charge in [-0.05, 0) is 42.9 Å². The van der Waals surface area contributed by atoms with Crippen LogP contribution in [-0.4, -0.2) is 104 Å². The fraction of sp³-hybridized carbons (Fsp3) is 0.481. The molecule has 1 aromatic carbocycles. The second-order valence-corrected chi connectivity index (χ2v) is 10.6. The molecule has 16 heteroatoms. The van der Waals surface area contributed by atoms with Crippen LogP contribution in [-0.2, 0) is 32.1 Å². The van der Waals surface area contributed by atoms with Crippen molar-refractivity contribution in [2.24, 2.45) is 0 Å². The van der Waals surface area contributed by atoms with Gasteiger partial charge in [-0.25, -0.2) is 14.6 Å². The second-order valence-electron chi connectivity index (χ2n) is 9.62. The molecule has 1 fully saturated rings. The van der Waals surface area contributed by atoms with Crippen LogP contribution in [0.2, 0.25) is 0 Å². The summed E-state index contributed by atoms with van der Waals surface area (Å²) in [5.41, 5.74) is 2.04. The zero-order valence-corrected chi connectivity index (χ0v) is 24.2. The highest BCUT2D eigenvalue weighted by Crippen LogP contribution is 2.21. The van der Waals surface area contributed by atoms with Gasteiger partial charge in [0.25, 0.3) is 0 Å². The third kappa shape index (κ3) is 12.0. The standard InChI is InChI=1S/C25H32N6O4S.C2HF3O2/c1-36-10-8-22(25(34)35)29-23(32)16-30(14-19-6-3-2-5-18(19)12-26)15-21-7-4-9-31(21)24(33)11-20-13-27-17-28-20;3-2(4,5)1(6)7/h2-3,5-6,13,17,21-22H,4,7-11,14-16H2,1H3,(H,27,28)(H,29,32)(H,34,35);(H,6,7)/t21-,22-;/m0./s1. The molecule has 0 spiro atoms. The zero-order valence-electron chi connectivity index (χ0n) is 23.3. The summed E-state index contributed by atoms with van der Waals surface area (Å²) in [7, 11) is 0. The second kappa shape index (κ2) is 17.1. The number of aromatic amines is 1. The number of imidazole rings is 1. The molecule has 3 rings (SSSR count). The SMILES string of the molecule is CSCC[C@H](NC(=O)CN(Cc1ccccc1C#N)C[C@@H]1CCCN1C(=O)Cc1cnc[nH]1)C(=O)O.O=C(O)C(F)(F)F. The number of hydrogen-bond acceptors (Lipinski definition) is 8. The topological polar surface area (TPSA) is 180 Å². The number of alkyl halides is 3. The number of benzene rings is 1. The van der Waals surface area contributed by atoms with Crippen molar-refractivity contribution in [3.05, 3.63) is 53.6 Å². The van der Waals surface area contributed by atoms with Crippen molar-refractivity contribution in [3.63, 3.8) is 0 Å². The monoisotopic (exact) mass is 626 g/mol. The van der Waals surface area contributed by atoms with Crippen molar-refractivity contribution in [3.8, 4) is 6.07 Å². The summed E-state index contributed by atoms with van der Waals surface area (Å²) < 4.78 is 31.7. The minimum atomic E-state index is -5.08. The average molecular weight is 627 g/mol. The number of H-pyrrole nitrogens is 1. The van der Waals surface area contributed by atoms with E-state index in [1.807, 2.05) is 28.2 Å². The van der Waals surface area contributed by atoms with Gasteiger partial charge in [-0.3, -0.25) is 14.5 Å². The van der Waals surface area contributed by atoms with E-state index in [0.717, 1.165) is 24.1 Å². The van der Waals surface area contributed by atoms with Crippen LogP contribution in [0.3, 0.4) is 0 Å². The zero-order chi connectivity index (χ0) is 32.0. The Hall–Kier alpha value is -4.10. The number of aliphatic carboxylic acids is 2. The summed E-state index contributed by atoms with van der Waals surface area (Å²) in [4.78, 5) is 57.0. The molecule has 0 radical (unpaired) electrons. The largest absolute Gasteiger partial charge is 0.490 e. The third-order valence-corrected chi connectivity index (χ3v) is 7.09. The summed E-state index contributed by atoms with van der Waals surface area (Å²) in [5.74, 6) is -3.61.